The number of hydrogen-bond acceptors (Lipinski definition) is 6. The molecule has 1 aliphatic heterocycles. The Morgan fingerprint density at radius 3 is 2.65 bits per heavy atom. The van der Waals surface area contributed by atoms with Crippen LogP contribution in [0.2, 0.25) is 0 Å². The molecule has 3 aromatic rings. The first-order chi connectivity index (χ1) is 14.8. The summed E-state index contributed by atoms with van der Waals surface area (Å²) < 4.78 is 16.5. The summed E-state index contributed by atoms with van der Waals surface area (Å²) in [5.41, 5.74) is 2.71. The number of nitrogens with zero attached hydrogens (tertiary/aromatic N) is 2. The van der Waals surface area contributed by atoms with Crippen molar-refractivity contribution >= 4 is 18.5 Å². The first-order valence-electron chi connectivity index (χ1n) is 10.1. The molecule has 0 saturated carbocycles. The van der Waals surface area contributed by atoms with Gasteiger partial charge in [-0.15, -0.1) is 12.4 Å². The van der Waals surface area contributed by atoms with Gasteiger partial charge in [-0.2, -0.15) is 0 Å². The molecule has 31 heavy (non-hydrogen) atoms. The summed E-state index contributed by atoms with van der Waals surface area (Å²) in [4.78, 5) is 13.9. The fourth-order valence-electron chi connectivity index (χ4n) is 3.23. The van der Waals surface area contributed by atoms with Crippen molar-refractivity contribution in [1.29, 1.82) is 0 Å². The molecule has 0 radical (unpaired) electrons. The van der Waals surface area contributed by atoms with Gasteiger partial charge in [-0.3, -0.25) is 0 Å². The zero-order valence-corrected chi connectivity index (χ0v) is 18.0. The number of aromatic nitrogens is 1. The molecule has 4 rings (SSSR count). The molecule has 1 amide bonds. The normalized spacial score (nSPS) is 13.7. The second-order valence-electron chi connectivity index (χ2n) is 7.12. The minimum Gasteiger partial charge on any atom is -0.489 e. The van der Waals surface area contributed by atoms with Gasteiger partial charge in [-0.25, -0.2) is 4.79 Å². The lowest BCUT2D eigenvalue weighted by atomic mass is 10.1. The number of nitrogens with one attached hydrogen (secondary N) is 1. The summed E-state index contributed by atoms with van der Waals surface area (Å²) in [6, 6.07) is 19.5. The Balaban J connectivity index is 0.00000272. The standard InChI is InChI=1S/C23H25N3O4.ClH/c27-23(26-13-4-11-24-12-14-26)29-17-21-15-22(25-30-21)19-7-9-20(10-8-19)28-16-18-5-2-1-3-6-18;/h1-3,5-10,15,24H,4,11-14,16-17H2;1H. The maximum Gasteiger partial charge on any atom is 0.410 e. The lowest BCUT2D eigenvalue weighted by Gasteiger charge is -2.18. The van der Waals surface area contributed by atoms with Gasteiger partial charge in [0.15, 0.2) is 12.4 Å². The molecule has 1 saturated heterocycles. The van der Waals surface area contributed by atoms with E-state index in [0.29, 0.717) is 31.2 Å². The Bertz CT molecular complexity index is 939. The molecule has 0 spiro atoms. The largest absolute Gasteiger partial charge is 0.489 e. The fourth-order valence-corrected chi connectivity index (χ4v) is 3.23. The molecule has 7 nitrogen and oxygen atoms in total. The molecule has 0 unspecified atom stereocenters. The van der Waals surface area contributed by atoms with Gasteiger partial charge in [0.1, 0.15) is 18.1 Å². The lowest BCUT2D eigenvalue weighted by molar-refractivity contribution is 0.0899. The maximum atomic E-state index is 12.2. The zero-order valence-electron chi connectivity index (χ0n) is 17.2. The highest BCUT2D eigenvalue weighted by atomic mass is 35.5. The molecule has 0 bridgehead atoms. The average molecular weight is 444 g/mol. The fraction of sp³-hybridized carbons (Fsp3) is 0.304. The monoisotopic (exact) mass is 443 g/mol. The summed E-state index contributed by atoms with van der Waals surface area (Å²) >= 11 is 0. The summed E-state index contributed by atoms with van der Waals surface area (Å²) in [7, 11) is 0. The van der Waals surface area contributed by atoms with Gasteiger partial charge in [-0.1, -0.05) is 35.5 Å². The number of amides is 1. The van der Waals surface area contributed by atoms with Gasteiger partial charge in [0.25, 0.3) is 0 Å². The Kier molecular flexibility index (Phi) is 8.32. The van der Waals surface area contributed by atoms with Crippen molar-refractivity contribution in [1.82, 2.24) is 15.4 Å². The van der Waals surface area contributed by atoms with Crippen molar-refractivity contribution in [3.8, 4) is 17.0 Å². The molecule has 1 aliphatic rings. The van der Waals surface area contributed by atoms with Crippen LogP contribution in [-0.4, -0.2) is 42.3 Å². The molecule has 1 aromatic heterocycles. The number of ether oxygens (including phenoxy) is 2. The van der Waals surface area contributed by atoms with Gasteiger partial charge in [0.2, 0.25) is 0 Å². The van der Waals surface area contributed by atoms with E-state index in [2.05, 4.69) is 10.5 Å². The van der Waals surface area contributed by atoms with Gasteiger partial charge in [0.05, 0.1) is 0 Å². The molecule has 164 valence electrons. The second kappa shape index (κ2) is 11.4. The van der Waals surface area contributed by atoms with Crippen molar-refractivity contribution in [3.05, 3.63) is 72.0 Å². The van der Waals surface area contributed by atoms with Crippen LogP contribution in [0.1, 0.15) is 17.7 Å². The maximum absolute atomic E-state index is 12.2. The predicted molar refractivity (Wildman–Crippen MR) is 119 cm³/mol. The van der Waals surface area contributed by atoms with E-state index in [1.807, 2.05) is 54.6 Å². The molecular formula is C23H26ClN3O4. The number of rotatable bonds is 6. The molecule has 0 atom stereocenters. The smallest absolute Gasteiger partial charge is 0.410 e. The van der Waals surface area contributed by atoms with Crippen molar-refractivity contribution < 1.29 is 18.8 Å². The van der Waals surface area contributed by atoms with Gasteiger partial charge < -0.3 is 24.2 Å². The molecule has 2 aromatic carbocycles. The number of carbonyl (C=O) groups is 1. The van der Waals surface area contributed by atoms with Crippen molar-refractivity contribution in [2.75, 3.05) is 26.2 Å². The van der Waals surface area contributed by atoms with E-state index >= 15 is 0 Å². The van der Waals surface area contributed by atoms with Crippen molar-refractivity contribution in [2.45, 2.75) is 19.6 Å². The van der Waals surface area contributed by atoms with Crippen molar-refractivity contribution in [2.24, 2.45) is 0 Å². The number of carbonyl (C=O) groups excluding carboxylic acids is 1. The van der Waals surface area contributed by atoms with Crippen LogP contribution in [0.25, 0.3) is 11.3 Å². The van der Waals surface area contributed by atoms with Crippen LogP contribution >= 0.6 is 12.4 Å². The Hall–Kier alpha value is -3.03. The minimum atomic E-state index is -0.323. The molecule has 0 aliphatic carbocycles. The summed E-state index contributed by atoms with van der Waals surface area (Å²) in [6.07, 6.45) is 0.601. The van der Waals surface area contributed by atoms with Gasteiger partial charge >= 0.3 is 6.09 Å². The van der Waals surface area contributed by atoms with Crippen molar-refractivity contribution in [3.63, 3.8) is 0 Å². The number of hydrogen-bond donors (Lipinski definition) is 1. The SMILES string of the molecule is Cl.O=C(OCc1cc(-c2ccc(OCc3ccccc3)cc2)no1)N1CCCNCC1. The molecule has 1 fully saturated rings. The summed E-state index contributed by atoms with van der Waals surface area (Å²) in [5.74, 6) is 1.29. The third-order valence-electron chi connectivity index (χ3n) is 4.89. The van der Waals surface area contributed by atoms with E-state index in [1.54, 1.807) is 11.0 Å². The molecular weight excluding hydrogens is 418 g/mol. The highest BCUT2D eigenvalue weighted by Gasteiger charge is 2.17. The number of halogens is 1. The van der Waals surface area contributed by atoms with Crippen LogP contribution in [0.4, 0.5) is 4.79 Å². The third-order valence-corrected chi connectivity index (χ3v) is 4.89. The summed E-state index contributed by atoms with van der Waals surface area (Å²) in [5, 5.41) is 7.34. The van der Waals surface area contributed by atoms with E-state index in [-0.39, 0.29) is 25.1 Å². The first kappa shape index (κ1) is 22.7. The van der Waals surface area contributed by atoms with Gasteiger partial charge in [0, 0.05) is 31.3 Å². The molecule has 1 N–H and O–H groups in total. The summed E-state index contributed by atoms with van der Waals surface area (Å²) in [6.45, 7) is 3.64. The topological polar surface area (TPSA) is 76.8 Å². The van der Waals surface area contributed by atoms with Crippen LogP contribution in [0.3, 0.4) is 0 Å². The van der Waals surface area contributed by atoms with E-state index in [4.69, 9.17) is 14.0 Å². The molecule has 8 heteroatoms. The molecule has 2 heterocycles. The van der Waals surface area contributed by atoms with E-state index in [1.165, 1.54) is 0 Å². The Morgan fingerprint density at radius 2 is 1.84 bits per heavy atom. The lowest BCUT2D eigenvalue weighted by Crippen LogP contribution is -2.34. The van der Waals surface area contributed by atoms with Crippen LogP contribution < -0.4 is 10.1 Å². The quantitative estimate of drug-likeness (QED) is 0.613. The average Bonchev–Trinajstić information content (AvgIpc) is 3.10. The minimum absolute atomic E-state index is 0. The van der Waals surface area contributed by atoms with Crippen LogP contribution in [0, 0.1) is 0 Å². The van der Waals surface area contributed by atoms with Crippen LogP contribution in [-0.2, 0) is 18.0 Å². The van der Waals surface area contributed by atoms with Crippen LogP contribution in [0.15, 0.2) is 65.2 Å². The van der Waals surface area contributed by atoms with E-state index < -0.39 is 0 Å². The van der Waals surface area contributed by atoms with E-state index in [9.17, 15) is 4.79 Å². The van der Waals surface area contributed by atoms with Gasteiger partial charge in [-0.05, 0) is 42.8 Å². The number of benzene rings is 2. The third kappa shape index (κ3) is 6.47. The Morgan fingerprint density at radius 1 is 1.03 bits per heavy atom. The van der Waals surface area contributed by atoms with Crippen LogP contribution in [0.5, 0.6) is 5.75 Å². The second-order valence-corrected chi connectivity index (χ2v) is 7.12. The highest BCUT2D eigenvalue weighted by Crippen LogP contribution is 2.23. The zero-order chi connectivity index (χ0) is 20.6. The van der Waals surface area contributed by atoms with E-state index in [0.717, 1.165) is 36.4 Å². The first-order valence-corrected chi connectivity index (χ1v) is 10.1. The predicted octanol–water partition coefficient (Wildman–Crippen LogP) is 4.27. The highest BCUT2D eigenvalue weighted by molar-refractivity contribution is 5.85. The Labute approximate surface area is 187 Å².